The van der Waals surface area contributed by atoms with E-state index in [-0.39, 0.29) is 6.09 Å². The maximum Gasteiger partial charge on any atom is 0.410 e. The Labute approximate surface area is 116 Å². The number of hydrogen-bond acceptors (Lipinski definition) is 3. The predicted molar refractivity (Wildman–Crippen MR) is 76.2 cm³/mol. The zero-order valence-electron chi connectivity index (χ0n) is 12.6. The number of ether oxygens (including phenoxy) is 1. The predicted octanol–water partition coefficient (Wildman–Crippen LogP) is 2.92. The second kappa shape index (κ2) is 6.12. The summed E-state index contributed by atoms with van der Waals surface area (Å²) in [6.45, 7) is 7.39. The van der Waals surface area contributed by atoms with E-state index in [1.165, 1.54) is 32.1 Å². The molecular weight excluding hydrogens is 240 g/mol. The molecule has 1 aliphatic heterocycles. The molecule has 1 aliphatic carbocycles. The third-order valence-corrected chi connectivity index (χ3v) is 3.90. The summed E-state index contributed by atoms with van der Waals surface area (Å²) in [4.78, 5) is 13.9. The summed E-state index contributed by atoms with van der Waals surface area (Å²) in [6.07, 6.45) is 7.37. The molecule has 0 spiro atoms. The Morgan fingerprint density at radius 2 is 1.74 bits per heavy atom. The molecule has 2 fully saturated rings. The monoisotopic (exact) mass is 268 g/mol. The summed E-state index contributed by atoms with van der Waals surface area (Å²) >= 11 is 0. The van der Waals surface area contributed by atoms with Crippen molar-refractivity contribution in [1.29, 1.82) is 0 Å². The van der Waals surface area contributed by atoms with Crippen LogP contribution < -0.4 is 5.32 Å². The summed E-state index contributed by atoms with van der Waals surface area (Å²) in [5, 5.41) is 3.72. The van der Waals surface area contributed by atoms with Crippen molar-refractivity contribution in [3.8, 4) is 0 Å². The Hall–Kier alpha value is -0.770. The Morgan fingerprint density at radius 1 is 1.11 bits per heavy atom. The fourth-order valence-corrected chi connectivity index (χ4v) is 3.03. The maximum atomic E-state index is 12.1. The minimum atomic E-state index is -0.400. The second-order valence-electron chi connectivity index (χ2n) is 6.91. The van der Waals surface area contributed by atoms with Crippen LogP contribution in [-0.4, -0.2) is 41.8 Å². The van der Waals surface area contributed by atoms with Gasteiger partial charge in [0.2, 0.25) is 0 Å². The minimum absolute atomic E-state index is 0.162. The van der Waals surface area contributed by atoms with E-state index in [1.807, 2.05) is 25.7 Å². The Kier molecular flexibility index (Phi) is 4.71. The lowest BCUT2D eigenvalue weighted by molar-refractivity contribution is 0.0183. The molecule has 19 heavy (non-hydrogen) atoms. The van der Waals surface area contributed by atoms with E-state index in [9.17, 15) is 4.79 Å². The van der Waals surface area contributed by atoms with Gasteiger partial charge >= 0.3 is 6.09 Å². The quantitative estimate of drug-likeness (QED) is 0.837. The van der Waals surface area contributed by atoms with E-state index in [0.29, 0.717) is 12.1 Å². The van der Waals surface area contributed by atoms with Crippen molar-refractivity contribution in [3.05, 3.63) is 0 Å². The van der Waals surface area contributed by atoms with Crippen LogP contribution in [-0.2, 0) is 4.74 Å². The first-order valence-electron chi connectivity index (χ1n) is 7.68. The molecular formula is C15H28N2O2. The van der Waals surface area contributed by atoms with Crippen LogP contribution in [0.4, 0.5) is 4.79 Å². The molecule has 1 N–H and O–H groups in total. The van der Waals surface area contributed by atoms with Gasteiger partial charge in [-0.05, 0) is 46.5 Å². The topological polar surface area (TPSA) is 41.6 Å². The third kappa shape index (κ3) is 4.68. The highest BCUT2D eigenvalue weighted by Crippen LogP contribution is 2.21. The van der Waals surface area contributed by atoms with Crippen LogP contribution in [0.1, 0.15) is 59.3 Å². The summed E-state index contributed by atoms with van der Waals surface area (Å²) in [5.74, 6) is 0. The molecule has 1 saturated carbocycles. The summed E-state index contributed by atoms with van der Waals surface area (Å²) in [6, 6.07) is 1.12. The van der Waals surface area contributed by atoms with Gasteiger partial charge in [0.25, 0.3) is 0 Å². The van der Waals surface area contributed by atoms with E-state index in [0.717, 1.165) is 19.5 Å². The van der Waals surface area contributed by atoms with Gasteiger partial charge in [-0.25, -0.2) is 4.79 Å². The largest absolute Gasteiger partial charge is 0.444 e. The number of amides is 1. The number of nitrogens with one attached hydrogen (secondary N) is 1. The molecule has 110 valence electrons. The molecule has 0 aromatic rings. The van der Waals surface area contributed by atoms with Gasteiger partial charge < -0.3 is 15.0 Å². The van der Waals surface area contributed by atoms with Gasteiger partial charge in [-0.2, -0.15) is 0 Å². The van der Waals surface area contributed by atoms with Crippen molar-refractivity contribution in [2.75, 3.05) is 13.1 Å². The van der Waals surface area contributed by atoms with E-state index < -0.39 is 5.60 Å². The average molecular weight is 268 g/mol. The number of rotatable bonds is 2. The number of carbonyl (C=O) groups excluding carboxylic acids is 1. The number of nitrogens with zero attached hydrogens (tertiary/aromatic N) is 1. The van der Waals surface area contributed by atoms with Gasteiger partial charge in [0.15, 0.2) is 0 Å². The Bertz CT molecular complexity index is 306. The van der Waals surface area contributed by atoms with E-state index in [4.69, 9.17) is 4.74 Å². The van der Waals surface area contributed by atoms with Crippen molar-refractivity contribution in [2.24, 2.45) is 0 Å². The highest BCUT2D eigenvalue weighted by molar-refractivity contribution is 5.68. The molecule has 4 nitrogen and oxygen atoms in total. The molecule has 1 heterocycles. The molecule has 1 amide bonds. The van der Waals surface area contributed by atoms with Crippen molar-refractivity contribution < 1.29 is 9.53 Å². The van der Waals surface area contributed by atoms with Crippen LogP contribution >= 0.6 is 0 Å². The van der Waals surface area contributed by atoms with Gasteiger partial charge in [-0.1, -0.05) is 12.8 Å². The van der Waals surface area contributed by atoms with Crippen molar-refractivity contribution in [2.45, 2.75) is 77.0 Å². The standard InChI is InChI=1S/C15H28N2O2/c1-15(2,3)19-14(18)17-10-6-9-13(11-17)16-12-7-4-5-8-12/h12-13,16H,4-11H2,1-3H3/t13-/m1/s1. The zero-order chi connectivity index (χ0) is 13.9. The van der Waals surface area contributed by atoms with Crippen LogP contribution in [0.3, 0.4) is 0 Å². The Morgan fingerprint density at radius 3 is 2.37 bits per heavy atom. The van der Waals surface area contributed by atoms with Gasteiger partial charge in [0.1, 0.15) is 5.60 Å². The molecule has 4 heteroatoms. The van der Waals surface area contributed by atoms with Crippen molar-refractivity contribution >= 4 is 6.09 Å². The minimum Gasteiger partial charge on any atom is -0.444 e. The highest BCUT2D eigenvalue weighted by atomic mass is 16.6. The molecule has 2 rings (SSSR count). The normalized spacial score (nSPS) is 25.6. The van der Waals surface area contributed by atoms with Crippen LogP contribution in [0.15, 0.2) is 0 Å². The number of piperidine rings is 1. The fourth-order valence-electron chi connectivity index (χ4n) is 3.03. The van der Waals surface area contributed by atoms with Gasteiger partial charge in [0, 0.05) is 25.2 Å². The fraction of sp³-hybridized carbons (Fsp3) is 0.933. The van der Waals surface area contributed by atoms with E-state index >= 15 is 0 Å². The highest BCUT2D eigenvalue weighted by Gasteiger charge is 2.29. The van der Waals surface area contributed by atoms with Gasteiger partial charge in [-0.15, -0.1) is 0 Å². The van der Waals surface area contributed by atoms with E-state index in [2.05, 4.69) is 5.32 Å². The number of hydrogen-bond donors (Lipinski definition) is 1. The Balaban J connectivity index is 1.80. The lowest BCUT2D eigenvalue weighted by Gasteiger charge is -2.35. The molecule has 0 aromatic heterocycles. The first-order valence-corrected chi connectivity index (χ1v) is 7.68. The second-order valence-corrected chi connectivity index (χ2v) is 6.91. The van der Waals surface area contributed by atoms with Crippen LogP contribution in [0.5, 0.6) is 0 Å². The van der Waals surface area contributed by atoms with Crippen LogP contribution in [0.2, 0.25) is 0 Å². The lowest BCUT2D eigenvalue weighted by atomic mass is 10.0. The lowest BCUT2D eigenvalue weighted by Crippen LogP contribution is -2.51. The first-order chi connectivity index (χ1) is 8.94. The summed E-state index contributed by atoms with van der Waals surface area (Å²) < 4.78 is 5.45. The van der Waals surface area contributed by atoms with Gasteiger partial charge in [-0.3, -0.25) is 0 Å². The smallest absolute Gasteiger partial charge is 0.410 e. The third-order valence-electron chi connectivity index (χ3n) is 3.90. The van der Waals surface area contributed by atoms with Crippen molar-refractivity contribution in [3.63, 3.8) is 0 Å². The number of likely N-dealkylation sites (tertiary alicyclic amines) is 1. The zero-order valence-corrected chi connectivity index (χ0v) is 12.6. The maximum absolute atomic E-state index is 12.1. The molecule has 0 bridgehead atoms. The molecule has 0 unspecified atom stereocenters. The molecule has 2 aliphatic rings. The molecule has 1 atom stereocenters. The summed E-state index contributed by atoms with van der Waals surface area (Å²) in [5.41, 5.74) is -0.400. The number of carbonyl (C=O) groups is 1. The van der Waals surface area contributed by atoms with E-state index in [1.54, 1.807) is 0 Å². The average Bonchev–Trinajstić information content (AvgIpc) is 2.80. The van der Waals surface area contributed by atoms with Gasteiger partial charge in [0.05, 0.1) is 0 Å². The molecule has 1 saturated heterocycles. The first kappa shape index (κ1) is 14.6. The van der Waals surface area contributed by atoms with Crippen molar-refractivity contribution in [1.82, 2.24) is 10.2 Å². The van der Waals surface area contributed by atoms with Crippen LogP contribution in [0, 0.1) is 0 Å². The summed E-state index contributed by atoms with van der Waals surface area (Å²) in [7, 11) is 0. The molecule has 0 aromatic carbocycles. The SMILES string of the molecule is CC(C)(C)OC(=O)N1CCC[C@@H](NC2CCCC2)C1. The molecule has 0 radical (unpaired) electrons. The van der Waals surface area contributed by atoms with Crippen LogP contribution in [0.25, 0.3) is 0 Å².